The van der Waals surface area contributed by atoms with Crippen LogP contribution in [0.1, 0.15) is 81.0 Å². The maximum Gasteiger partial charge on any atom is 0.119 e. The average Bonchev–Trinajstić information content (AvgIpc) is 3.47. The van der Waals surface area contributed by atoms with Crippen LogP contribution in [0.2, 0.25) is 0 Å². The van der Waals surface area contributed by atoms with E-state index in [1.165, 1.54) is 12.5 Å². The Morgan fingerprint density at radius 3 is 1.13 bits per heavy atom. The summed E-state index contributed by atoms with van der Waals surface area (Å²) in [6, 6.07) is 64.2. The van der Waals surface area contributed by atoms with Gasteiger partial charge in [0.05, 0.1) is 51.2 Å². The van der Waals surface area contributed by atoms with E-state index in [0.29, 0.717) is 6.42 Å². The SMILES string of the molecule is C=COCCCCCOc1ccc(/C=C/c2ccc(-c3ccnc(-c4[c-]cccc4)c3)cc2)cc1.C=COCCCCCOc1ccc(/C=C/c2ccc(-c3ccnc(-c4[c-]cccc4)c3)cc2)cc1.CC(O)CC(C)O.[Ir]. The van der Waals surface area contributed by atoms with Crippen molar-refractivity contribution in [3.8, 4) is 56.3 Å². The van der Waals surface area contributed by atoms with Crippen LogP contribution in [-0.4, -0.2) is 58.8 Å². The van der Waals surface area contributed by atoms with Gasteiger partial charge >= 0.3 is 0 Å². The summed E-state index contributed by atoms with van der Waals surface area (Å²) in [6.45, 7) is 13.3. The number of aliphatic hydroxyl groups is 2. The maximum atomic E-state index is 8.56. The van der Waals surface area contributed by atoms with Gasteiger partial charge in [0.15, 0.2) is 0 Å². The molecule has 0 spiro atoms. The van der Waals surface area contributed by atoms with E-state index in [2.05, 4.69) is 144 Å². The zero-order valence-corrected chi connectivity index (χ0v) is 47.3. The zero-order chi connectivity index (χ0) is 54.1. The molecule has 2 unspecified atom stereocenters. The molecule has 8 nitrogen and oxygen atoms in total. The molecule has 9 heteroatoms. The summed E-state index contributed by atoms with van der Waals surface area (Å²) < 4.78 is 21.9. The van der Waals surface area contributed by atoms with Gasteiger partial charge in [-0.1, -0.05) is 122 Å². The minimum atomic E-state index is -0.375. The first kappa shape index (κ1) is 61.2. The van der Waals surface area contributed by atoms with Crippen molar-refractivity contribution < 1.29 is 49.3 Å². The van der Waals surface area contributed by atoms with E-state index in [4.69, 9.17) is 29.2 Å². The van der Waals surface area contributed by atoms with Crippen molar-refractivity contribution in [1.29, 1.82) is 0 Å². The third-order valence-electron chi connectivity index (χ3n) is 11.9. The second kappa shape index (κ2) is 35.6. The molecule has 2 N–H and O–H groups in total. The summed E-state index contributed by atoms with van der Waals surface area (Å²) in [6.07, 6.45) is 21.2. The molecule has 0 aliphatic carbocycles. The third-order valence-corrected chi connectivity index (χ3v) is 11.9. The molecule has 8 rings (SSSR count). The van der Waals surface area contributed by atoms with Gasteiger partial charge in [-0.15, -0.1) is 71.8 Å². The van der Waals surface area contributed by atoms with Crippen molar-refractivity contribution in [2.45, 2.75) is 71.0 Å². The van der Waals surface area contributed by atoms with Gasteiger partial charge in [-0.25, -0.2) is 0 Å². The van der Waals surface area contributed by atoms with Crippen LogP contribution < -0.4 is 9.47 Å². The summed E-state index contributed by atoms with van der Waals surface area (Å²) >= 11 is 0. The molecule has 6 aromatic carbocycles. The van der Waals surface area contributed by atoms with Crippen LogP contribution in [0, 0.1) is 12.1 Å². The summed E-state index contributed by atoms with van der Waals surface area (Å²) in [7, 11) is 0. The molecule has 0 aliphatic rings. The van der Waals surface area contributed by atoms with Crippen molar-refractivity contribution in [2.75, 3.05) is 26.4 Å². The molecule has 2 atom stereocenters. The molecule has 2 aromatic heterocycles. The fraction of sp³-hybridized carbons (Fsp3) is 0.217. The van der Waals surface area contributed by atoms with Gasteiger partial charge in [0.1, 0.15) is 11.5 Å². The first-order valence-electron chi connectivity index (χ1n) is 26.5. The monoisotopic (exact) mass is 1220 g/mol. The molecular weight excluding hydrogens is 1140 g/mol. The fourth-order valence-corrected chi connectivity index (χ4v) is 7.90. The van der Waals surface area contributed by atoms with Gasteiger partial charge < -0.3 is 39.1 Å². The molecule has 0 aliphatic heterocycles. The second-order valence-corrected chi connectivity index (χ2v) is 18.3. The fourth-order valence-electron chi connectivity index (χ4n) is 7.90. The predicted octanol–water partition coefficient (Wildman–Crippen LogP) is 16.3. The molecule has 0 saturated carbocycles. The van der Waals surface area contributed by atoms with Gasteiger partial charge in [0.25, 0.3) is 0 Å². The Morgan fingerprint density at radius 2 is 0.808 bits per heavy atom. The zero-order valence-electron chi connectivity index (χ0n) is 44.9. The van der Waals surface area contributed by atoms with Gasteiger partial charge in [-0.2, -0.15) is 0 Å². The molecule has 0 amide bonds. The van der Waals surface area contributed by atoms with E-state index in [9.17, 15) is 0 Å². The van der Waals surface area contributed by atoms with Gasteiger partial charge in [0, 0.05) is 32.5 Å². The molecule has 0 bridgehead atoms. The number of rotatable bonds is 26. The molecule has 0 fully saturated rings. The summed E-state index contributed by atoms with van der Waals surface area (Å²) in [4.78, 5) is 8.99. The Bertz CT molecular complexity index is 2760. The van der Waals surface area contributed by atoms with E-state index >= 15 is 0 Å². The number of hydrogen-bond acceptors (Lipinski definition) is 8. The summed E-state index contributed by atoms with van der Waals surface area (Å²) in [5.41, 5.74) is 13.1. The summed E-state index contributed by atoms with van der Waals surface area (Å²) in [5.74, 6) is 1.80. The number of unbranched alkanes of at least 4 members (excludes halogenated alkanes) is 4. The molecule has 405 valence electrons. The van der Waals surface area contributed by atoms with Gasteiger partial charge in [-0.05, 0) is 151 Å². The molecule has 8 aromatic rings. The van der Waals surface area contributed by atoms with E-state index in [-0.39, 0.29) is 32.3 Å². The van der Waals surface area contributed by atoms with E-state index in [1.807, 2.05) is 97.3 Å². The predicted molar refractivity (Wildman–Crippen MR) is 318 cm³/mol. The number of benzene rings is 6. The molecule has 78 heavy (non-hydrogen) atoms. The normalized spacial score (nSPS) is 11.4. The number of nitrogens with zero attached hydrogens (tertiary/aromatic N) is 2. The number of aromatic nitrogens is 2. The first-order chi connectivity index (χ1) is 37.8. The Kier molecular flexibility index (Phi) is 28.0. The van der Waals surface area contributed by atoms with Crippen LogP contribution in [0.3, 0.4) is 0 Å². The van der Waals surface area contributed by atoms with Crippen LogP contribution in [0.5, 0.6) is 11.5 Å². The Morgan fingerprint density at radius 1 is 0.449 bits per heavy atom. The number of aliphatic hydroxyl groups excluding tert-OH is 2. The van der Waals surface area contributed by atoms with Crippen LogP contribution in [-0.2, 0) is 29.6 Å². The first-order valence-corrected chi connectivity index (χ1v) is 26.5. The van der Waals surface area contributed by atoms with Crippen molar-refractivity contribution in [2.24, 2.45) is 0 Å². The number of pyridine rings is 2. The Labute approximate surface area is 476 Å². The Balaban J connectivity index is 0.000000253. The van der Waals surface area contributed by atoms with Gasteiger partial charge in [0.2, 0.25) is 0 Å². The minimum Gasteiger partial charge on any atom is -0.502 e. The smallest absolute Gasteiger partial charge is 0.119 e. The Hall–Kier alpha value is -7.65. The molecule has 1 radical (unpaired) electrons. The molecule has 0 saturated heterocycles. The van der Waals surface area contributed by atoms with Crippen molar-refractivity contribution >= 4 is 24.3 Å². The summed E-state index contributed by atoms with van der Waals surface area (Å²) in [5, 5.41) is 17.1. The van der Waals surface area contributed by atoms with Crippen molar-refractivity contribution in [3.63, 3.8) is 0 Å². The van der Waals surface area contributed by atoms with Crippen LogP contribution in [0.25, 0.3) is 69.1 Å². The largest absolute Gasteiger partial charge is 0.502 e. The van der Waals surface area contributed by atoms with E-state index in [1.54, 1.807) is 13.8 Å². The second-order valence-electron chi connectivity index (χ2n) is 18.3. The standard InChI is InChI=1S/2C32H30NO2.C5H12O2.Ir/c2*1-2-34-23-7-4-8-24-35-31-19-15-27(16-20-31)12-11-26-13-17-28(18-14-26)30-21-22-33-32(25-30)29-9-5-3-6-10-29;1-4(6)3-5(2)7;/h2*2-3,5-6,9,11-22,25H,1,4,7-8,23-24H2;4-7H,3H2,1-2H3;/q2*-1;;/b2*12-11+;;. The topological polar surface area (TPSA) is 103 Å². The van der Waals surface area contributed by atoms with E-state index in [0.717, 1.165) is 143 Å². The number of ether oxygens (including phenoxy) is 4. The third kappa shape index (κ3) is 22.9. The quantitative estimate of drug-likeness (QED) is 0.0239. The minimum absolute atomic E-state index is 0. The van der Waals surface area contributed by atoms with Crippen molar-refractivity contribution in [3.05, 3.63) is 242 Å². The molecule has 2 heterocycles. The maximum absolute atomic E-state index is 8.56. The van der Waals surface area contributed by atoms with Crippen LogP contribution in [0.15, 0.2) is 208 Å². The van der Waals surface area contributed by atoms with E-state index < -0.39 is 0 Å². The van der Waals surface area contributed by atoms with Crippen LogP contribution >= 0.6 is 0 Å². The number of hydrogen-bond donors (Lipinski definition) is 2. The van der Waals surface area contributed by atoms with Crippen LogP contribution in [0.4, 0.5) is 0 Å². The average molecular weight is 1220 g/mol. The van der Waals surface area contributed by atoms with Crippen molar-refractivity contribution in [1.82, 2.24) is 9.97 Å². The molecular formula is C69H72IrN2O6-2. The van der Waals surface area contributed by atoms with Gasteiger partial charge in [-0.3, -0.25) is 0 Å².